The van der Waals surface area contributed by atoms with E-state index >= 15 is 0 Å². The van der Waals surface area contributed by atoms with Gasteiger partial charge < -0.3 is 20.6 Å². The Hall–Kier alpha value is -2.50. The molecule has 0 amide bonds. The van der Waals surface area contributed by atoms with E-state index in [1.54, 1.807) is 18.2 Å². The molecule has 1 aromatic heterocycles. The molecule has 0 saturated carbocycles. The highest BCUT2D eigenvalue weighted by molar-refractivity contribution is 5.66. The molecule has 0 saturated heterocycles. The van der Waals surface area contributed by atoms with Crippen molar-refractivity contribution in [2.45, 2.75) is 0 Å². The zero-order valence-electron chi connectivity index (χ0n) is 9.10. The summed E-state index contributed by atoms with van der Waals surface area (Å²) in [5, 5.41) is 9.24. The van der Waals surface area contributed by atoms with Crippen molar-refractivity contribution in [2.24, 2.45) is 0 Å². The van der Waals surface area contributed by atoms with E-state index in [4.69, 9.17) is 10.5 Å². The van der Waals surface area contributed by atoms with Crippen LogP contribution in [-0.4, -0.2) is 22.2 Å². The van der Waals surface area contributed by atoms with Crippen LogP contribution >= 0.6 is 0 Å². The van der Waals surface area contributed by atoms with Gasteiger partial charge in [-0.05, 0) is 18.2 Å². The molecule has 88 valence electrons. The second-order valence-electron chi connectivity index (χ2n) is 3.41. The standard InChI is InChI=1S/C11H11N3O3/c1-17-8-3-2-6(4-7(8)12)11-13-9(15)5-10(16)14-11/h2-5H,12H2,1H3,(H2,13,14,15,16). The van der Waals surface area contributed by atoms with Gasteiger partial charge in [-0.3, -0.25) is 4.79 Å². The average molecular weight is 233 g/mol. The number of nitrogen functional groups attached to an aromatic ring is 1. The predicted octanol–water partition coefficient (Wildman–Crippen LogP) is 0.733. The maximum atomic E-state index is 11.2. The van der Waals surface area contributed by atoms with E-state index in [0.29, 0.717) is 17.0 Å². The van der Waals surface area contributed by atoms with Crippen molar-refractivity contribution in [3.63, 3.8) is 0 Å². The Morgan fingerprint density at radius 1 is 1.41 bits per heavy atom. The summed E-state index contributed by atoms with van der Waals surface area (Å²) in [6, 6.07) is 5.95. The van der Waals surface area contributed by atoms with Crippen molar-refractivity contribution >= 4 is 5.69 Å². The lowest BCUT2D eigenvalue weighted by atomic mass is 10.2. The summed E-state index contributed by atoms with van der Waals surface area (Å²) in [5.41, 5.74) is 6.33. The number of hydrogen-bond donors (Lipinski definition) is 3. The van der Waals surface area contributed by atoms with Crippen molar-refractivity contribution in [3.8, 4) is 23.0 Å². The number of ether oxygens (including phenoxy) is 1. The van der Waals surface area contributed by atoms with Gasteiger partial charge in [-0.15, -0.1) is 0 Å². The average Bonchev–Trinajstić information content (AvgIpc) is 2.27. The number of hydrogen-bond acceptors (Lipinski definition) is 5. The molecule has 4 N–H and O–H groups in total. The quantitative estimate of drug-likeness (QED) is 0.664. The van der Waals surface area contributed by atoms with Crippen LogP contribution in [-0.2, 0) is 0 Å². The maximum absolute atomic E-state index is 11.2. The van der Waals surface area contributed by atoms with Crippen LogP contribution in [0.5, 0.6) is 11.6 Å². The zero-order valence-corrected chi connectivity index (χ0v) is 9.10. The molecule has 2 aromatic rings. The number of H-pyrrole nitrogens is 1. The number of nitrogens with zero attached hydrogens (tertiary/aromatic N) is 1. The molecule has 0 aliphatic heterocycles. The molecule has 0 radical (unpaired) electrons. The second kappa shape index (κ2) is 4.17. The smallest absolute Gasteiger partial charge is 0.254 e. The molecule has 0 fully saturated rings. The molecule has 6 heteroatoms. The molecule has 0 spiro atoms. The molecule has 6 nitrogen and oxygen atoms in total. The van der Waals surface area contributed by atoms with E-state index in [1.165, 1.54) is 7.11 Å². The lowest BCUT2D eigenvalue weighted by Crippen LogP contribution is -2.06. The van der Waals surface area contributed by atoms with Crippen LogP contribution in [0.1, 0.15) is 0 Å². The molecule has 1 aromatic carbocycles. The Labute approximate surface area is 96.7 Å². The van der Waals surface area contributed by atoms with Crippen molar-refractivity contribution in [1.82, 2.24) is 9.97 Å². The minimum absolute atomic E-state index is 0.254. The van der Waals surface area contributed by atoms with Gasteiger partial charge >= 0.3 is 0 Å². The fourth-order valence-electron chi connectivity index (χ4n) is 1.46. The maximum Gasteiger partial charge on any atom is 0.254 e. The molecule has 0 bridgehead atoms. The molecular weight excluding hydrogens is 222 g/mol. The van der Waals surface area contributed by atoms with Gasteiger partial charge in [0, 0.05) is 5.56 Å². The van der Waals surface area contributed by atoms with E-state index in [-0.39, 0.29) is 11.7 Å². The Bertz CT molecular complexity index is 607. The summed E-state index contributed by atoms with van der Waals surface area (Å²) in [7, 11) is 1.51. The molecule has 2 rings (SSSR count). The Morgan fingerprint density at radius 3 is 2.76 bits per heavy atom. The summed E-state index contributed by atoms with van der Waals surface area (Å²) in [6.45, 7) is 0. The van der Waals surface area contributed by atoms with Gasteiger partial charge in [0.25, 0.3) is 5.56 Å². The monoisotopic (exact) mass is 233 g/mol. The minimum Gasteiger partial charge on any atom is -0.495 e. The highest BCUT2D eigenvalue weighted by atomic mass is 16.5. The summed E-state index contributed by atoms with van der Waals surface area (Å²) < 4.78 is 5.02. The lowest BCUT2D eigenvalue weighted by Gasteiger charge is -2.06. The molecule has 17 heavy (non-hydrogen) atoms. The SMILES string of the molecule is COc1ccc(-c2nc(O)cc(=O)[nH]2)cc1N. The van der Waals surface area contributed by atoms with Gasteiger partial charge in [0.2, 0.25) is 5.88 Å². The highest BCUT2D eigenvalue weighted by Gasteiger charge is 2.06. The van der Waals surface area contributed by atoms with Crippen molar-refractivity contribution in [2.75, 3.05) is 12.8 Å². The molecule has 0 unspecified atom stereocenters. The number of aromatic nitrogens is 2. The summed E-state index contributed by atoms with van der Waals surface area (Å²) in [4.78, 5) is 17.5. The molecule has 1 heterocycles. The van der Waals surface area contributed by atoms with Crippen molar-refractivity contribution in [1.29, 1.82) is 0 Å². The molecule has 0 aliphatic carbocycles. The van der Waals surface area contributed by atoms with Crippen LogP contribution < -0.4 is 16.0 Å². The van der Waals surface area contributed by atoms with Crippen LogP contribution in [0.25, 0.3) is 11.4 Å². The number of aromatic hydroxyl groups is 1. The molecule has 0 aliphatic rings. The Morgan fingerprint density at radius 2 is 2.18 bits per heavy atom. The van der Waals surface area contributed by atoms with Crippen LogP contribution in [0, 0.1) is 0 Å². The number of benzene rings is 1. The van der Waals surface area contributed by atoms with Gasteiger partial charge in [-0.25, -0.2) is 0 Å². The number of aromatic amines is 1. The third kappa shape index (κ3) is 2.20. The van der Waals surface area contributed by atoms with Gasteiger partial charge in [-0.1, -0.05) is 0 Å². The van der Waals surface area contributed by atoms with E-state index < -0.39 is 5.56 Å². The van der Waals surface area contributed by atoms with Crippen LogP contribution in [0.2, 0.25) is 0 Å². The highest BCUT2D eigenvalue weighted by Crippen LogP contribution is 2.26. The van der Waals surface area contributed by atoms with Crippen LogP contribution in [0.15, 0.2) is 29.1 Å². The Kier molecular flexibility index (Phi) is 2.70. The van der Waals surface area contributed by atoms with E-state index in [1.807, 2.05) is 0 Å². The fraction of sp³-hybridized carbons (Fsp3) is 0.0909. The zero-order chi connectivity index (χ0) is 12.4. The first-order chi connectivity index (χ1) is 8.10. The number of nitrogens with one attached hydrogen (secondary N) is 1. The number of nitrogens with two attached hydrogens (primary N) is 1. The van der Waals surface area contributed by atoms with E-state index in [0.717, 1.165) is 6.07 Å². The summed E-state index contributed by atoms with van der Waals surface area (Å²) >= 11 is 0. The summed E-state index contributed by atoms with van der Waals surface area (Å²) in [6.07, 6.45) is 0. The van der Waals surface area contributed by atoms with E-state index in [2.05, 4.69) is 9.97 Å². The first-order valence-corrected chi connectivity index (χ1v) is 4.84. The largest absolute Gasteiger partial charge is 0.495 e. The van der Waals surface area contributed by atoms with Gasteiger partial charge in [0.15, 0.2) is 0 Å². The number of anilines is 1. The van der Waals surface area contributed by atoms with Gasteiger partial charge in [0.05, 0.1) is 18.9 Å². The molecule has 0 atom stereocenters. The minimum atomic E-state index is -0.429. The third-order valence-electron chi connectivity index (χ3n) is 2.23. The van der Waals surface area contributed by atoms with Gasteiger partial charge in [-0.2, -0.15) is 4.98 Å². The molecular formula is C11H11N3O3. The topological polar surface area (TPSA) is 101 Å². The number of methoxy groups -OCH3 is 1. The van der Waals surface area contributed by atoms with Gasteiger partial charge in [0.1, 0.15) is 11.6 Å². The number of rotatable bonds is 2. The third-order valence-corrected chi connectivity index (χ3v) is 2.23. The van der Waals surface area contributed by atoms with E-state index in [9.17, 15) is 9.90 Å². The normalized spacial score (nSPS) is 10.2. The summed E-state index contributed by atoms with van der Waals surface area (Å²) in [5.74, 6) is 0.457. The van der Waals surface area contributed by atoms with Crippen molar-refractivity contribution in [3.05, 3.63) is 34.6 Å². The fourth-order valence-corrected chi connectivity index (χ4v) is 1.46. The van der Waals surface area contributed by atoms with Crippen LogP contribution in [0.3, 0.4) is 0 Å². The predicted molar refractivity (Wildman–Crippen MR) is 62.9 cm³/mol. The Balaban J connectivity index is 2.53. The van der Waals surface area contributed by atoms with Crippen LogP contribution in [0.4, 0.5) is 5.69 Å². The first-order valence-electron chi connectivity index (χ1n) is 4.84. The van der Waals surface area contributed by atoms with Crippen molar-refractivity contribution < 1.29 is 9.84 Å². The lowest BCUT2D eigenvalue weighted by molar-refractivity contribution is 0.417. The second-order valence-corrected chi connectivity index (χ2v) is 3.41. The first kappa shape index (κ1) is 11.0.